The summed E-state index contributed by atoms with van der Waals surface area (Å²) in [6.45, 7) is 6.28. The van der Waals surface area contributed by atoms with Crippen LogP contribution in [0.25, 0.3) is 0 Å². The molecule has 0 radical (unpaired) electrons. The summed E-state index contributed by atoms with van der Waals surface area (Å²) in [6, 6.07) is 0. The Kier molecular flexibility index (Phi) is 7.92. The van der Waals surface area contributed by atoms with Gasteiger partial charge in [-0.15, -0.1) is 0 Å². The minimum atomic E-state index is -0.625. The van der Waals surface area contributed by atoms with Gasteiger partial charge in [-0.3, -0.25) is 4.79 Å². The van der Waals surface area contributed by atoms with E-state index in [0.717, 1.165) is 25.9 Å². The topological polar surface area (TPSA) is 73.9 Å². The number of nitrogens with one attached hydrogen (secondary N) is 1. The van der Waals surface area contributed by atoms with Gasteiger partial charge in [0.1, 0.15) is 5.60 Å². The number of Topliss-reactive ketones (excluding diaryl/α,β-unsaturated/α-hetero) is 1. The fraction of sp³-hybridized carbons (Fsp3) is 0.750. The minimum absolute atomic E-state index is 0.139. The van der Waals surface area contributed by atoms with Crippen LogP contribution in [0.4, 0.5) is 4.79 Å². The van der Waals surface area contributed by atoms with E-state index in [9.17, 15) is 9.59 Å². The van der Waals surface area contributed by atoms with Gasteiger partial charge in [-0.1, -0.05) is 5.92 Å². The zero-order chi connectivity index (χ0) is 16.4. The number of hydrogen-bond donors (Lipinski definition) is 1. The number of amides is 1. The lowest BCUT2D eigenvalue weighted by atomic mass is 10.2. The van der Waals surface area contributed by atoms with Gasteiger partial charge in [0.2, 0.25) is 5.78 Å². The Hall–Kier alpha value is -1.58. The Morgan fingerprint density at radius 2 is 2.09 bits per heavy atom. The molecule has 124 valence electrons. The highest BCUT2D eigenvalue weighted by Crippen LogP contribution is 2.13. The predicted octanol–water partition coefficient (Wildman–Crippen LogP) is 2.02. The quantitative estimate of drug-likeness (QED) is 0.478. The highest BCUT2D eigenvalue weighted by molar-refractivity contribution is 5.98. The third-order valence-corrected chi connectivity index (χ3v) is 2.69. The van der Waals surface area contributed by atoms with Crippen LogP contribution in [0.3, 0.4) is 0 Å². The molecule has 0 saturated carbocycles. The summed E-state index contributed by atoms with van der Waals surface area (Å²) >= 11 is 0. The minimum Gasteiger partial charge on any atom is -0.444 e. The number of carbonyl (C=O) groups is 2. The van der Waals surface area contributed by atoms with Crippen LogP contribution in [0.15, 0.2) is 0 Å². The lowest BCUT2D eigenvalue weighted by Crippen LogP contribution is -2.35. The third kappa shape index (κ3) is 9.37. The molecular formula is C16H25NO5. The number of alkyl carbamates (subject to hydrolysis) is 1. The molecule has 1 fully saturated rings. The molecule has 6 nitrogen and oxygen atoms in total. The molecule has 1 aliphatic heterocycles. The van der Waals surface area contributed by atoms with Crippen molar-refractivity contribution in [2.24, 2.45) is 0 Å². The van der Waals surface area contributed by atoms with Crippen LogP contribution in [-0.2, 0) is 19.0 Å². The number of hydrogen-bond acceptors (Lipinski definition) is 5. The van der Waals surface area contributed by atoms with Crippen LogP contribution in [0.5, 0.6) is 0 Å². The van der Waals surface area contributed by atoms with Crippen LogP contribution < -0.4 is 5.32 Å². The van der Waals surface area contributed by atoms with Crippen molar-refractivity contribution in [2.75, 3.05) is 19.8 Å². The first-order chi connectivity index (χ1) is 10.4. The molecule has 6 heteroatoms. The van der Waals surface area contributed by atoms with Crippen molar-refractivity contribution in [3.8, 4) is 11.8 Å². The second kappa shape index (κ2) is 9.44. The van der Waals surface area contributed by atoms with Gasteiger partial charge in [-0.05, 0) is 46.0 Å². The zero-order valence-electron chi connectivity index (χ0n) is 13.6. The van der Waals surface area contributed by atoms with Crippen LogP contribution in [0.2, 0.25) is 0 Å². The molecule has 0 aromatic rings. The van der Waals surface area contributed by atoms with E-state index in [2.05, 4.69) is 17.2 Å². The summed E-state index contributed by atoms with van der Waals surface area (Å²) in [4.78, 5) is 22.8. The summed E-state index contributed by atoms with van der Waals surface area (Å²) in [5, 5.41) is 2.37. The largest absolute Gasteiger partial charge is 0.444 e. The Labute approximate surface area is 131 Å². The number of rotatable bonds is 5. The molecule has 0 bridgehead atoms. The molecule has 1 unspecified atom stereocenters. The summed E-state index contributed by atoms with van der Waals surface area (Å²) in [6.07, 6.45) is 2.80. The smallest absolute Gasteiger partial charge is 0.408 e. The Balaban J connectivity index is 2.10. The molecule has 0 aromatic heterocycles. The zero-order valence-corrected chi connectivity index (χ0v) is 13.6. The predicted molar refractivity (Wildman–Crippen MR) is 81.2 cm³/mol. The van der Waals surface area contributed by atoms with Gasteiger partial charge in [-0.25, -0.2) is 4.79 Å². The maximum Gasteiger partial charge on any atom is 0.408 e. The molecule has 22 heavy (non-hydrogen) atoms. The average molecular weight is 311 g/mol. The van der Waals surface area contributed by atoms with Crippen LogP contribution in [0, 0.1) is 11.8 Å². The lowest BCUT2D eigenvalue weighted by Gasteiger charge is -2.22. The maximum atomic E-state index is 11.5. The monoisotopic (exact) mass is 311 g/mol. The van der Waals surface area contributed by atoms with E-state index < -0.39 is 11.7 Å². The maximum absolute atomic E-state index is 11.5. The van der Waals surface area contributed by atoms with Crippen LogP contribution in [0.1, 0.15) is 46.5 Å². The summed E-state index contributed by atoms with van der Waals surface area (Å²) in [7, 11) is 0. The highest BCUT2D eigenvalue weighted by atomic mass is 16.7. The van der Waals surface area contributed by atoms with E-state index in [0.29, 0.717) is 13.0 Å². The van der Waals surface area contributed by atoms with Crippen molar-refractivity contribution in [1.82, 2.24) is 5.32 Å². The molecular weight excluding hydrogens is 286 g/mol. The van der Waals surface area contributed by atoms with E-state index in [1.54, 1.807) is 20.8 Å². The van der Waals surface area contributed by atoms with Crippen LogP contribution >= 0.6 is 0 Å². The van der Waals surface area contributed by atoms with E-state index in [1.165, 1.54) is 0 Å². The highest BCUT2D eigenvalue weighted by Gasteiger charge is 2.16. The van der Waals surface area contributed by atoms with Gasteiger partial charge in [0, 0.05) is 13.0 Å². The summed E-state index contributed by atoms with van der Waals surface area (Å²) in [5.74, 6) is 4.82. The number of carbonyl (C=O) groups excluding carboxylic acids is 2. The van der Waals surface area contributed by atoms with Crippen molar-refractivity contribution in [3.63, 3.8) is 0 Å². The second-order valence-corrected chi connectivity index (χ2v) is 6.00. The number of ether oxygens (including phenoxy) is 3. The molecule has 1 aliphatic rings. The van der Waals surface area contributed by atoms with Gasteiger partial charge < -0.3 is 19.5 Å². The van der Waals surface area contributed by atoms with Gasteiger partial charge in [0.05, 0.1) is 13.2 Å². The normalized spacial score (nSPS) is 18.0. The van der Waals surface area contributed by atoms with Crippen molar-refractivity contribution >= 4 is 11.9 Å². The molecule has 1 amide bonds. The van der Waals surface area contributed by atoms with E-state index in [4.69, 9.17) is 14.2 Å². The summed E-state index contributed by atoms with van der Waals surface area (Å²) in [5.41, 5.74) is -0.586. The van der Waals surface area contributed by atoms with E-state index >= 15 is 0 Å². The Bertz CT molecular complexity index is 424. The second-order valence-electron chi connectivity index (χ2n) is 6.00. The van der Waals surface area contributed by atoms with E-state index in [1.807, 2.05) is 0 Å². The first-order valence-electron chi connectivity index (χ1n) is 7.58. The molecule has 1 atom stereocenters. The molecule has 1 heterocycles. The fourth-order valence-electron chi connectivity index (χ4n) is 1.76. The first-order valence-corrected chi connectivity index (χ1v) is 7.58. The molecule has 1 N–H and O–H groups in total. The van der Waals surface area contributed by atoms with Gasteiger partial charge in [-0.2, -0.15) is 0 Å². The third-order valence-electron chi connectivity index (χ3n) is 2.69. The van der Waals surface area contributed by atoms with E-state index in [-0.39, 0.29) is 18.6 Å². The molecule has 0 aromatic carbocycles. The SMILES string of the molecule is CC(C)(C)OC(=O)NCC(=O)C#CCCOC1CCCCO1. The summed E-state index contributed by atoms with van der Waals surface area (Å²) < 4.78 is 15.9. The molecule has 0 aliphatic carbocycles. The lowest BCUT2D eigenvalue weighted by molar-refractivity contribution is -0.161. The van der Waals surface area contributed by atoms with Crippen molar-refractivity contribution in [1.29, 1.82) is 0 Å². The van der Waals surface area contributed by atoms with Crippen molar-refractivity contribution in [2.45, 2.75) is 58.3 Å². The molecule has 1 rings (SSSR count). The van der Waals surface area contributed by atoms with Gasteiger partial charge in [0.15, 0.2) is 6.29 Å². The van der Waals surface area contributed by atoms with Crippen molar-refractivity contribution in [3.05, 3.63) is 0 Å². The molecule has 1 saturated heterocycles. The average Bonchev–Trinajstić information content (AvgIpc) is 2.44. The Morgan fingerprint density at radius 1 is 1.32 bits per heavy atom. The van der Waals surface area contributed by atoms with Crippen molar-refractivity contribution < 1.29 is 23.8 Å². The Morgan fingerprint density at radius 3 is 2.73 bits per heavy atom. The van der Waals surface area contributed by atoms with Gasteiger partial charge >= 0.3 is 6.09 Å². The fourth-order valence-corrected chi connectivity index (χ4v) is 1.76. The first kappa shape index (κ1) is 18.5. The molecule has 0 spiro atoms. The number of ketones is 1. The standard InChI is InChI=1S/C16H25NO5/c1-16(2,3)22-15(19)17-12-13(18)8-4-6-10-20-14-9-5-7-11-21-14/h14H,5-7,9-12H2,1-3H3,(H,17,19). The van der Waals surface area contributed by atoms with Gasteiger partial charge in [0.25, 0.3) is 0 Å². The van der Waals surface area contributed by atoms with Crippen LogP contribution in [-0.4, -0.2) is 43.5 Å².